The van der Waals surface area contributed by atoms with E-state index in [0.717, 1.165) is 30.4 Å². The van der Waals surface area contributed by atoms with E-state index in [1.54, 1.807) is 0 Å². The Kier molecular flexibility index (Phi) is 5.21. The van der Waals surface area contributed by atoms with Crippen LogP contribution in [0.25, 0.3) is 0 Å². The van der Waals surface area contributed by atoms with Gasteiger partial charge in [-0.2, -0.15) is 0 Å². The molecule has 1 aromatic rings. The molecule has 1 fully saturated rings. The first-order valence-corrected chi connectivity index (χ1v) is 8.02. The van der Waals surface area contributed by atoms with E-state index >= 15 is 0 Å². The number of anilines is 2. The van der Waals surface area contributed by atoms with Gasteiger partial charge < -0.3 is 10.2 Å². The largest absolute Gasteiger partial charge is 0.373 e. The molecule has 1 aliphatic carbocycles. The van der Waals surface area contributed by atoms with Gasteiger partial charge in [-0.15, -0.1) is 0 Å². The molecule has 20 heavy (non-hydrogen) atoms. The number of unbranched alkanes of at least 4 members (excludes halogenated alkanes) is 1. The van der Waals surface area contributed by atoms with Crippen LogP contribution in [0.5, 0.6) is 0 Å². The normalized spacial score (nSPS) is 16.0. The van der Waals surface area contributed by atoms with Crippen LogP contribution in [0.15, 0.2) is 6.07 Å². The molecule has 0 aliphatic heterocycles. The van der Waals surface area contributed by atoms with Crippen LogP contribution >= 0.6 is 0 Å². The molecule has 0 radical (unpaired) electrons. The van der Waals surface area contributed by atoms with Crippen LogP contribution in [-0.4, -0.2) is 29.6 Å². The molecule has 0 spiro atoms. The molecule has 1 aromatic heterocycles. The fraction of sp³-hybridized carbons (Fsp3) is 0.750. The minimum absolute atomic E-state index is 0.521. The van der Waals surface area contributed by atoms with Crippen LogP contribution in [0, 0.1) is 0 Å². The Morgan fingerprint density at radius 1 is 1.35 bits per heavy atom. The lowest BCUT2D eigenvalue weighted by atomic mass is 10.2. The Bertz CT molecular complexity index is 428. The van der Waals surface area contributed by atoms with E-state index in [9.17, 15) is 0 Å². The molecule has 2 rings (SSSR count). The second-order valence-corrected chi connectivity index (χ2v) is 5.80. The van der Waals surface area contributed by atoms with Crippen LogP contribution in [-0.2, 0) is 0 Å². The van der Waals surface area contributed by atoms with Crippen molar-refractivity contribution < 1.29 is 0 Å². The fourth-order valence-electron chi connectivity index (χ4n) is 2.36. The lowest BCUT2D eigenvalue weighted by molar-refractivity contribution is 0.587. The number of aromatic nitrogens is 2. The Balaban J connectivity index is 2.27. The van der Waals surface area contributed by atoms with Crippen LogP contribution in [0.1, 0.15) is 64.6 Å². The monoisotopic (exact) mass is 276 g/mol. The highest BCUT2D eigenvalue weighted by Crippen LogP contribution is 2.39. The van der Waals surface area contributed by atoms with E-state index in [-0.39, 0.29) is 0 Å². The van der Waals surface area contributed by atoms with Gasteiger partial charge in [-0.1, -0.05) is 20.3 Å². The van der Waals surface area contributed by atoms with Gasteiger partial charge >= 0.3 is 0 Å². The second-order valence-electron chi connectivity index (χ2n) is 5.80. The molecule has 1 saturated carbocycles. The van der Waals surface area contributed by atoms with Gasteiger partial charge in [0.25, 0.3) is 0 Å². The van der Waals surface area contributed by atoms with Crippen molar-refractivity contribution in [3.8, 4) is 0 Å². The van der Waals surface area contributed by atoms with Gasteiger partial charge in [0, 0.05) is 31.6 Å². The molecule has 112 valence electrons. The Hall–Kier alpha value is -1.32. The second kappa shape index (κ2) is 6.91. The molecule has 1 aliphatic rings. The van der Waals surface area contributed by atoms with E-state index < -0.39 is 0 Å². The summed E-state index contributed by atoms with van der Waals surface area (Å²) in [6.07, 6.45) is 6.05. The van der Waals surface area contributed by atoms with Gasteiger partial charge in [0.15, 0.2) is 0 Å². The van der Waals surface area contributed by atoms with Crippen molar-refractivity contribution in [3.63, 3.8) is 0 Å². The topological polar surface area (TPSA) is 41.0 Å². The average molecular weight is 276 g/mol. The lowest BCUT2D eigenvalue weighted by Crippen LogP contribution is -2.34. The third-order valence-corrected chi connectivity index (χ3v) is 4.10. The van der Waals surface area contributed by atoms with Crippen LogP contribution in [0.2, 0.25) is 0 Å². The summed E-state index contributed by atoms with van der Waals surface area (Å²) in [6, 6.07) is 2.61. The summed E-state index contributed by atoms with van der Waals surface area (Å²) in [7, 11) is 1.93. The lowest BCUT2D eigenvalue weighted by Gasteiger charge is -2.30. The van der Waals surface area contributed by atoms with Crippen molar-refractivity contribution in [2.24, 2.45) is 0 Å². The SMILES string of the molecule is CCCCN(c1cc(NC)nc(C2CC2)n1)C(C)CC. The minimum Gasteiger partial charge on any atom is -0.373 e. The fourth-order valence-corrected chi connectivity index (χ4v) is 2.36. The predicted molar refractivity (Wildman–Crippen MR) is 85.6 cm³/mol. The highest BCUT2D eigenvalue weighted by atomic mass is 15.2. The van der Waals surface area contributed by atoms with Crippen molar-refractivity contribution >= 4 is 11.6 Å². The van der Waals surface area contributed by atoms with Gasteiger partial charge in [0.2, 0.25) is 0 Å². The number of hydrogen-bond acceptors (Lipinski definition) is 4. The first-order valence-electron chi connectivity index (χ1n) is 8.02. The maximum absolute atomic E-state index is 4.84. The molecular formula is C16H28N4. The molecule has 0 amide bonds. The minimum atomic E-state index is 0.521. The Labute approximate surface area is 123 Å². The number of nitrogens with zero attached hydrogens (tertiary/aromatic N) is 3. The highest BCUT2D eigenvalue weighted by molar-refractivity contribution is 5.50. The van der Waals surface area contributed by atoms with Gasteiger partial charge in [-0.25, -0.2) is 9.97 Å². The van der Waals surface area contributed by atoms with E-state index in [2.05, 4.69) is 42.0 Å². The quantitative estimate of drug-likeness (QED) is 0.784. The van der Waals surface area contributed by atoms with E-state index in [1.807, 2.05) is 7.05 Å². The predicted octanol–water partition coefficient (Wildman–Crippen LogP) is 3.80. The first kappa shape index (κ1) is 15.1. The Morgan fingerprint density at radius 2 is 2.10 bits per heavy atom. The van der Waals surface area contributed by atoms with Gasteiger partial charge in [0.05, 0.1) is 0 Å². The van der Waals surface area contributed by atoms with Crippen LogP contribution in [0.3, 0.4) is 0 Å². The molecule has 1 unspecified atom stereocenters. The summed E-state index contributed by atoms with van der Waals surface area (Å²) in [4.78, 5) is 11.9. The van der Waals surface area contributed by atoms with Gasteiger partial charge in [-0.3, -0.25) is 0 Å². The van der Waals surface area contributed by atoms with Crippen molar-refractivity contribution in [1.29, 1.82) is 0 Å². The number of nitrogens with one attached hydrogen (secondary N) is 1. The maximum atomic E-state index is 4.84. The smallest absolute Gasteiger partial charge is 0.136 e. The van der Waals surface area contributed by atoms with Crippen LogP contribution < -0.4 is 10.2 Å². The molecule has 0 aromatic carbocycles. The molecule has 1 N–H and O–H groups in total. The van der Waals surface area contributed by atoms with Crippen LogP contribution in [0.4, 0.5) is 11.6 Å². The summed E-state index contributed by atoms with van der Waals surface area (Å²) in [5.74, 6) is 3.65. The zero-order chi connectivity index (χ0) is 14.5. The molecular weight excluding hydrogens is 248 g/mol. The molecule has 0 bridgehead atoms. The molecule has 4 heteroatoms. The number of hydrogen-bond donors (Lipinski definition) is 1. The van der Waals surface area contributed by atoms with E-state index in [4.69, 9.17) is 4.98 Å². The Morgan fingerprint density at radius 3 is 2.65 bits per heavy atom. The van der Waals surface area contributed by atoms with Crippen molar-refractivity contribution in [3.05, 3.63) is 11.9 Å². The first-order chi connectivity index (χ1) is 9.69. The highest BCUT2D eigenvalue weighted by Gasteiger charge is 2.28. The molecule has 1 heterocycles. The summed E-state index contributed by atoms with van der Waals surface area (Å²) < 4.78 is 0. The summed E-state index contributed by atoms with van der Waals surface area (Å²) in [5, 5.41) is 3.18. The van der Waals surface area contributed by atoms with Crippen molar-refractivity contribution in [2.45, 2.75) is 64.8 Å². The van der Waals surface area contributed by atoms with Crippen molar-refractivity contribution in [1.82, 2.24) is 9.97 Å². The zero-order valence-electron chi connectivity index (χ0n) is 13.3. The number of rotatable bonds is 8. The molecule has 0 saturated heterocycles. The third-order valence-electron chi connectivity index (χ3n) is 4.10. The standard InChI is InChI=1S/C16H28N4/c1-5-7-10-20(12(3)6-2)15-11-14(17-4)18-16(19-15)13-8-9-13/h11-13H,5-10H2,1-4H3,(H,17,18,19). The van der Waals surface area contributed by atoms with E-state index in [0.29, 0.717) is 12.0 Å². The summed E-state index contributed by atoms with van der Waals surface area (Å²) in [5.41, 5.74) is 0. The van der Waals surface area contributed by atoms with Gasteiger partial charge in [-0.05, 0) is 32.6 Å². The zero-order valence-corrected chi connectivity index (χ0v) is 13.3. The molecule has 1 atom stereocenters. The average Bonchev–Trinajstić information content (AvgIpc) is 3.31. The summed E-state index contributed by atoms with van der Waals surface area (Å²) >= 11 is 0. The summed E-state index contributed by atoms with van der Waals surface area (Å²) in [6.45, 7) is 7.85. The van der Waals surface area contributed by atoms with E-state index in [1.165, 1.54) is 25.7 Å². The third kappa shape index (κ3) is 3.62. The van der Waals surface area contributed by atoms with Gasteiger partial charge in [0.1, 0.15) is 17.5 Å². The molecule has 4 nitrogen and oxygen atoms in total. The maximum Gasteiger partial charge on any atom is 0.136 e. The van der Waals surface area contributed by atoms with Crippen molar-refractivity contribution in [2.75, 3.05) is 23.8 Å².